The van der Waals surface area contributed by atoms with Crippen LogP contribution in [0.2, 0.25) is 0 Å². The summed E-state index contributed by atoms with van der Waals surface area (Å²) in [6, 6.07) is 0. The van der Waals surface area contributed by atoms with Gasteiger partial charge in [-0.2, -0.15) is 15.0 Å². The Morgan fingerprint density at radius 1 is 1.50 bits per heavy atom. The van der Waals surface area contributed by atoms with Crippen LogP contribution in [0.15, 0.2) is 6.20 Å². The monoisotopic (exact) mass is 282 g/mol. The van der Waals surface area contributed by atoms with E-state index in [2.05, 4.69) is 10.2 Å². The van der Waals surface area contributed by atoms with Gasteiger partial charge >= 0.3 is 6.09 Å². The van der Waals surface area contributed by atoms with Crippen LogP contribution in [0.3, 0.4) is 0 Å². The van der Waals surface area contributed by atoms with Crippen molar-refractivity contribution in [1.82, 2.24) is 19.9 Å². The van der Waals surface area contributed by atoms with Gasteiger partial charge in [-0.25, -0.2) is 4.79 Å². The molecule has 2 rings (SSSR count). The van der Waals surface area contributed by atoms with Crippen LogP contribution in [0.1, 0.15) is 26.5 Å². The minimum absolute atomic E-state index is 0.0285. The van der Waals surface area contributed by atoms with Crippen LogP contribution in [-0.4, -0.2) is 55.9 Å². The van der Waals surface area contributed by atoms with Gasteiger partial charge in [0, 0.05) is 25.9 Å². The van der Waals surface area contributed by atoms with Crippen LogP contribution in [0.25, 0.3) is 0 Å². The molecule has 7 heteroatoms. The molecule has 2 heterocycles. The maximum absolute atomic E-state index is 12.0. The first-order valence-electron chi connectivity index (χ1n) is 6.76. The standard InChI is InChI=1S/C13H22N4O3/c1-13(2,3)20-12(19)17-7-9(11(18)8-17)5-10-6-14-16(4)15-10/h6,9,11,18H,5,7-8H2,1-4H3/t9-,11-/m1/s1. The van der Waals surface area contributed by atoms with Crippen molar-refractivity contribution < 1.29 is 14.6 Å². The van der Waals surface area contributed by atoms with Crippen LogP contribution >= 0.6 is 0 Å². The number of aliphatic hydroxyl groups is 1. The lowest BCUT2D eigenvalue weighted by atomic mass is 10.0. The predicted octanol–water partition coefficient (Wildman–Crippen LogP) is 0.585. The fraction of sp³-hybridized carbons (Fsp3) is 0.769. The molecule has 1 aromatic heterocycles. The zero-order valence-corrected chi connectivity index (χ0v) is 12.4. The number of likely N-dealkylation sites (tertiary alicyclic amines) is 1. The number of hydrogen-bond donors (Lipinski definition) is 1. The van der Waals surface area contributed by atoms with Crippen molar-refractivity contribution in [1.29, 1.82) is 0 Å². The lowest BCUT2D eigenvalue weighted by molar-refractivity contribution is 0.0269. The van der Waals surface area contributed by atoms with Gasteiger partial charge in [-0.1, -0.05) is 0 Å². The lowest BCUT2D eigenvalue weighted by Gasteiger charge is -2.24. The molecule has 7 nitrogen and oxygen atoms in total. The number of hydrogen-bond acceptors (Lipinski definition) is 5. The number of aryl methyl sites for hydroxylation is 1. The van der Waals surface area contributed by atoms with E-state index >= 15 is 0 Å². The second-order valence-electron chi connectivity index (χ2n) is 6.24. The van der Waals surface area contributed by atoms with E-state index in [1.54, 1.807) is 18.1 Å². The SMILES string of the molecule is Cn1ncc(C[C@@H]2CN(C(=O)OC(C)(C)C)C[C@H]2O)n1. The molecular formula is C13H22N4O3. The van der Waals surface area contributed by atoms with E-state index in [-0.39, 0.29) is 12.0 Å². The quantitative estimate of drug-likeness (QED) is 0.858. The first-order chi connectivity index (χ1) is 9.24. The normalized spacial score (nSPS) is 23.1. The highest BCUT2D eigenvalue weighted by Gasteiger charge is 2.36. The molecule has 0 bridgehead atoms. The molecule has 1 amide bonds. The summed E-state index contributed by atoms with van der Waals surface area (Å²) in [6.45, 7) is 6.27. The van der Waals surface area contributed by atoms with Gasteiger partial charge in [0.1, 0.15) is 5.60 Å². The number of rotatable bonds is 2. The summed E-state index contributed by atoms with van der Waals surface area (Å²) in [5.41, 5.74) is 0.299. The topological polar surface area (TPSA) is 80.5 Å². The first kappa shape index (κ1) is 14.8. The number of nitrogens with zero attached hydrogens (tertiary/aromatic N) is 4. The molecule has 20 heavy (non-hydrogen) atoms. The van der Waals surface area contributed by atoms with Crippen molar-refractivity contribution >= 4 is 6.09 Å². The third kappa shape index (κ3) is 3.69. The summed E-state index contributed by atoms with van der Waals surface area (Å²) in [5, 5.41) is 18.3. The van der Waals surface area contributed by atoms with Gasteiger partial charge in [-0.05, 0) is 20.8 Å². The van der Waals surface area contributed by atoms with Crippen LogP contribution in [-0.2, 0) is 18.2 Å². The van der Waals surface area contributed by atoms with Crippen molar-refractivity contribution in [3.05, 3.63) is 11.9 Å². The number of carbonyl (C=O) groups is 1. The number of amides is 1. The molecule has 0 aromatic carbocycles. The van der Waals surface area contributed by atoms with Gasteiger partial charge in [-0.3, -0.25) is 0 Å². The highest BCUT2D eigenvalue weighted by Crippen LogP contribution is 2.22. The van der Waals surface area contributed by atoms with Gasteiger partial charge in [0.15, 0.2) is 0 Å². The van der Waals surface area contributed by atoms with Gasteiger partial charge in [0.25, 0.3) is 0 Å². The van der Waals surface area contributed by atoms with Crippen LogP contribution in [0.5, 0.6) is 0 Å². The van der Waals surface area contributed by atoms with E-state index in [1.807, 2.05) is 20.8 Å². The number of aliphatic hydroxyl groups excluding tert-OH is 1. The fourth-order valence-corrected chi connectivity index (χ4v) is 2.28. The molecule has 0 saturated carbocycles. The van der Waals surface area contributed by atoms with Crippen molar-refractivity contribution in [2.45, 2.75) is 38.9 Å². The Kier molecular flexibility index (Phi) is 3.99. The second-order valence-corrected chi connectivity index (χ2v) is 6.24. The zero-order chi connectivity index (χ0) is 14.9. The molecule has 1 saturated heterocycles. The third-order valence-electron chi connectivity index (χ3n) is 3.18. The first-order valence-corrected chi connectivity index (χ1v) is 6.76. The van der Waals surface area contributed by atoms with Crippen LogP contribution in [0.4, 0.5) is 4.79 Å². The van der Waals surface area contributed by atoms with Gasteiger partial charge in [-0.15, -0.1) is 0 Å². The number of β-amino-alcohol motifs (C(OH)–C–C–N with tert-alkyl or cyclic N) is 1. The summed E-state index contributed by atoms with van der Waals surface area (Å²) >= 11 is 0. The predicted molar refractivity (Wildman–Crippen MR) is 72.0 cm³/mol. The molecule has 1 aliphatic rings. The Morgan fingerprint density at radius 3 is 2.75 bits per heavy atom. The lowest BCUT2D eigenvalue weighted by Crippen LogP contribution is -2.35. The molecule has 1 aromatic rings. The van der Waals surface area contributed by atoms with Crippen LogP contribution in [0, 0.1) is 5.92 Å². The molecule has 0 aliphatic carbocycles. The Morgan fingerprint density at radius 2 is 2.20 bits per heavy atom. The number of carbonyl (C=O) groups excluding carboxylic acids is 1. The Hall–Kier alpha value is -1.63. The van der Waals surface area contributed by atoms with E-state index in [0.29, 0.717) is 19.5 Å². The molecule has 2 atom stereocenters. The third-order valence-corrected chi connectivity index (χ3v) is 3.18. The Bertz CT molecular complexity index is 480. The summed E-state index contributed by atoms with van der Waals surface area (Å²) in [5.74, 6) is -0.0285. The molecule has 1 aliphatic heterocycles. The average molecular weight is 282 g/mol. The molecular weight excluding hydrogens is 260 g/mol. The number of aromatic nitrogens is 3. The molecule has 0 spiro atoms. The Balaban J connectivity index is 1.93. The van der Waals surface area contributed by atoms with Crippen molar-refractivity contribution in [3.8, 4) is 0 Å². The molecule has 0 unspecified atom stereocenters. The highest BCUT2D eigenvalue weighted by atomic mass is 16.6. The molecule has 112 valence electrons. The van der Waals surface area contributed by atoms with E-state index in [4.69, 9.17) is 4.74 Å². The largest absolute Gasteiger partial charge is 0.444 e. The van der Waals surface area contributed by atoms with E-state index < -0.39 is 11.7 Å². The number of ether oxygens (including phenoxy) is 1. The van der Waals surface area contributed by atoms with Gasteiger partial charge < -0.3 is 14.7 Å². The Labute approximate surface area is 118 Å². The van der Waals surface area contributed by atoms with Crippen molar-refractivity contribution in [2.75, 3.05) is 13.1 Å². The maximum atomic E-state index is 12.0. The fourth-order valence-electron chi connectivity index (χ4n) is 2.28. The van der Waals surface area contributed by atoms with Crippen molar-refractivity contribution in [2.24, 2.45) is 13.0 Å². The summed E-state index contributed by atoms with van der Waals surface area (Å²) < 4.78 is 5.32. The van der Waals surface area contributed by atoms with E-state index in [9.17, 15) is 9.90 Å². The minimum Gasteiger partial charge on any atom is -0.444 e. The summed E-state index contributed by atoms with van der Waals surface area (Å²) in [6.07, 6.45) is 1.36. The minimum atomic E-state index is -0.551. The molecule has 0 radical (unpaired) electrons. The van der Waals surface area contributed by atoms with Crippen molar-refractivity contribution in [3.63, 3.8) is 0 Å². The molecule has 1 N–H and O–H groups in total. The molecule has 1 fully saturated rings. The van der Waals surface area contributed by atoms with E-state index in [1.165, 1.54) is 4.80 Å². The maximum Gasteiger partial charge on any atom is 0.410 e. The van der Waals surface area contributed by atoms with Gasteiger partial charge in [0.2, 0.25) is 0 Å². The van der Waals surface area contributed by atoms with Crippen LogP contribution < -0.4 is 0 Å². The summed E-state index contributed by atoms with van der Waals surface area (Å²) in [7, 11) is 1.75. The second kappa shape index (κ2) is 5.40. The van der Waals surface area contributed by atoms with E-state index in [0.717, 1.165) is 5.69 Å². The van der Waals surface area contributed by atoms with Gasteiger partial charge in [0.05, 0.1) is 24.5 Å². The smallest absolute Gasteiger partial charge is 0.410 e. The highest BCUT2D eigenvalue weighted by molar-refractivity contribution is 5.68. The summed E-state index contributed by atoms with van der Waals surface area (Å²) in [4.78, 5) is 15.0. The average Bonchev–Trinajstić information content (AvgIpc) is 2.85. The zero-order valence-electron chi connectivity index (χ0n) is 12.4.